The normalized spacial score (nSPS) is 13.3. The van der Waals surface area contributed by atoms with Crippen LogP contribution < -0.4 is 9.47 Å². The third-order valence-electron chi connectivity index (χ3n) is 3.01. The lowest BCUT2D eigenvalue weighted by Gasteiger charge is -2.19. The average Bonchev–Trinajstić information content (AvgIpc) is 2.80. The van der Waals surface area contributed by atoms with Crippen molar-refractivity contribution < 1.29 is 19.4 Å². The minimum atomic E-state index is -1.06. The molecule has 104 valence electrons. The topological polar surface area (TPSA) is 73.6 Å². The number of fused-ring (bicyclic) bond motifs is 1. The summed E-state index contributed by atoms with van der Waals surface area (Å²) in [5.41, 5.74) is 1.49. The molecular formula is C13H11BrN2O4. The first-order chi connectivity index (χ1) is 9.56. The molecule has 20 heavy (non-hydrogen) atoms. The fourth-order valence-corrected chi connectivity index (χ4v) is 2.61. The second-order valence-electron chi connectivity index (χ2n) is 4.32. The molecule has 1 aromatic heterocycles. The van der Waals surface area contributed by atoms with Gasteiger partial charge in [-0.25, -0.2) is 4.79 Å². The van der Waals surface area contributed by atoms with Gasteiger partial charge in [-0.3, -0.25) is 4.68 Å². The van der Waals surface area contributed by atoms with Gasteiger partial charge in [0, 0.05) is 17.1 Å². The van der Waals surface area contributed by atoms with Gasteiger partial charge in [-0.1, -0.05) is 0 Å². The summed E-state index contributed by atoms with van der Waals surface area (Å²) in [6.45, 7) is 1.02. The number of hydrogen-bond acceptors (Lipinski definition) is 4. The number of hydrogen-bond donors (Lipinski definition) is 1. The van der Waals surface area contributed by atoms with Crippen LogP contribution in [0.25, 0.3) is 11.3 Å². The number of aryl methyl sites for hydroxylation is 1. The molecular weight excluding hydrogens is 328 g/mol. The van der Waals surface area contributed by atoms with Crippen molar-refractivity contribution in [2.24, 2.45) is 7.05 Å². The van der Waals surface area contributed by atoms with Crippen molar-refractivity contribution in [2.45, 2.75) is 0 Å². The molecule has 0 unspecified atom stereocenters. The number of carboxylic acids is 1. The van der Waals surface area contributed by atoms with Crippen molar-refractivity contribution in [3.8, 4) is 22.8 Å². The number of ether oxygens (including phenoxy) is 2. The molecule has 0 saturated carbocycles. The van der Waals surface area contributed by atoms with Crippen LogP contribution in [0.3, 0.4) is 0 Å². The zero-order valence-corrected chi connectivity index (χ0v) is 12.2. The number of rotatable bonds is 2. The molecule has 0 saturated heterocycles. The summed E-state index contributed by atoms with van der Waals surface area (Å²) in [7, 11) is 1.70. The van der Waals surface area contributed by atoms with Gasteiger partial charge in [-0.05, 0) is 34.1 Å². The van der Waals surface area contributed by atoms with Crippen LogP contribution >= 0.6 is 15.9 Å². The lowest BCUT2D eigenvalue weighted by Crippen LogP contribution is -2.15. The van der Waals surface area contributed by atoms with E-state index in [1.807, 2.05) is 12.1 Å². The summed E-state index contributed by atoms with van der Waals surface area (Å²) in [4.78, 5) is 11.0. The smallest absolute Gasteiger partial charge is 0.356 e. The second-order valence-corrected chi connectivity index (χ2v) is 5.17. The van der Waals surface area contributed by atoms with Crippen molar-refractivity contribution in [3.05, 3.63) is 28.4 Å². The van der Waals surface area contributed by atoms with E-state index in [2.05, 4.69) is 21.0 Å². The number of nitrogens with zero attached hydrogens (tertiary/aromatic N) is 2. The number of aromatic carboxylic acids is 1. The van der Waals surface area contributed by atoms with Gasteiger partial charge in [0.1, 0.15) is 13.2 Å². The molecule has 3 rings (SSSR count). The molecule has 0 radical (unpaired) electrons. The van der Waals surface area contributed by atoms with Crippen LogP contribution in [0.5, 0.6) is 11.5 Å². The van der Waals surface area contributed by atoms with Gasteiger partial charge in [-0.15, -0.1) is 0 Å². The molecule has 1 N–H and O–H groups in total. The van der Waals surface area contributed by atoms with Crippen LogP contribution in [-0.4, -0.2) is 34.1 Å². The van der Waals surface area contributed by atoms with E-state index in [0.717, 1.165) is 10.0 Å². The summed E-state index contributed by atoms with van der Waals surface area (Å²) in [6, 6.07) is 5.16. The van der Waals surface area contributed by atoms with Gasteiger partial charge < -0.3 is 14.6 Å². The summed E-state index contributed by atoms with van der Waals surface area (Å²) >= 11 is 3.47. The van der Waals surface area contributed by atoms with Gasteiger partial charge in [0.15, 0.2) is 17.2 Å². The van der Waals surface area contributed by atoms with Gasteiger partial charge in [0.25, 0.3) is 0 Å². The van der Waals surface area contributed by atoms with E-state index in [1.165, 1.54) is 10.7 Å². The summed E-state index contributed by atoms with van der Waals surface area (Å²) < 4.78 is 13.4. The quantitative estimate of drug-likeness (QED) is 0.909. The molecule has 0 atom stereocenters. The highest BCUT2D eigenvalue weighted by Gasteiger charge is 2.19. The molecule has 0 aliphatic carbocycles. The predicted molar refractivity (Wildman–Crippen MR) is 74.3 cm³/mol. The SMILES string of the molecule is Cn1nc(C(=O)O)cc1-c1cc2c(cc1Br)OCCO2. The van der Waals surface area contributed by atoms with Crippen molar-refractivity contribution in [3.63, 3.8) is 0 Å². The van der Waals surface area contributed by atoms with Crippen LogP contribution in [0, 0.1) is 0 Å². The Balaban J connectivity index is 2.12. The lowest BCUT2D eigenvalue weighted by atomic mass is 10.1. The highest BCUT2D eigenvalue weighted by atomic mass is 79.9. The standard InChI is InChI=1S/C13H11BrN2O4/c1-16-10(6-9(15-16)13(17)18)7-4-11-12(5-8(7)14)20-3-2-19-11/h4-6H,2-3H2,1H3,(H,17,18). The minimum absolute atomic E-state index is 0.00397. The molecule has 1 aromatic carbocycles. The fourth-order valence-electron chi connectivity index (χ4n) is 2.08. The number of carbonyl (C=O) groups is 1. The van der Waals surface area contributed by atoms with Gasteiger partial charge >= 0.3 is 5.97 Å². The molecule has 2 aromatic rings. The van der Waals surface area contributed by atoms with Crippen LogP contribution in [-0.2, 0) is 7.05 Å². The molecule has 7 heteroatoms. The Hall–Kier alpha value is -2.02. The Morgan fingerprint density at radius 2 is 1.95 bits per heavy atom. The maximum Gasteiger partial charge on any atom is 0.356 e. The van der Waals surface area contributed by atoms with E-state index in [4.69, 9.17) is 14.6 Å². The first kappa shape index (κ1) is 13.0. The zero-order valence-electron chi connectivity index (χ0n) is 10.6. The van der Waals surface area contributed by atoms with E-state index in [1.54, 1.807) is 7.05 Å². The van der Waals surface area contributed by atoms with Crippen molar-refractivity contribution in [1.82, 2.24) is 9.78 Å². The maximum atomic E-state index is 11.0. The number of benzene rings is 1. The first-order valence-electron chi connectivity index (χ1n) is 5.93. The van der Waals surface area contributed by atoms with Gasteiger partial charge in [-0.2, -0.15) is 5.10 Å². The largest absolute Gasteiger partial charge is 0.486 e. The van der Waals surface area contributed by atoms with E-state index in [0.29, 0.717) is 30.4 Å². The highest BCUT2D eigenvalue weighted by Crippen LogP contribution is 2.40. The molecule has 0 bridgehead atoms. The Bertz CT molecular complexity index is 696. The monoisotopic (exact) mass is 338 g/mol. The van der Waals surface area contributed by atoms with Crippen LogP contribution in [0.4, 0.5) is 0 Å². The number of aromatic nitrogens is 2. The highest BCUT2D eigenvalue weighted by molar-refractivity contribution is 9.10. The van der Waals surface area contributed by atoms with Gasteiger partial charge in [0.2, 0.25) is 0 Å². The van der Waals surface area contributed by atoms with Gasteiger partial charge in [0.05, 0.1) is 5.69 Å². The lowest BCUT2D eigenvalue weighted by molar-refractivity contribution is 0.0689. The Kier molecular flexibility index (Phi) is 3.13. The fraction of sp³-hybridized carbons (Fsp3) is 0.231. The summed E-state index contributed by atoms with van der Waals surface area (Å²) in [6.07, 6.45) is 0. The van der Waals surface area contributed by atoms with E-state index in [9.17, 15) is 4.79 Å². The molecule has 0 spiro atoms. The predicted octanol–water partition coefficient (Wildman–Crippen LogP) is 2.32. The Labute approximate surface area is 123 Å². The Morgan fingerprint density at radius 3 is 2.55 bits per heavy atom. The summed E-state index contributed by atoms with van der Waals surface area (Å²) in [5, 5.41) is 13.0. The molecule has 0 amide bonds. The molecule has 1 aliphatic heterocycles. The third-order valence-corrected chi connectivity index (χ3v) is 3.66. The van der Waals surface area contributed by atoms with Crippen LogP contribution in [0.1, 0.15) is 10.5 Å². The number of halogens is 1. The van der Waals surface area contributed by atoms with E-state index >= 15 is 0 Å². The van der Waals surface area contributed by atoms with Crippen molar-refractivity contribution >= 4 is 21.9 Å². The van der Waals surface area contributed by atoms with Crippen LogP contribution in [0.15, 0.2) is 22.7 Å². The molecule has 0 fully saturated rings. The minimum Gasteiger partial charge on any atom is -0.486 e. The molecule has 1 aliphatic rings. The Morgan fingerprint density at radius 1 is 1.30 bits per heavy atom. The van der Waals surface area contributed by atoms with Crippen molar-refractivity contribution in [2.75, 3.05) is 13.2 Å². The van der Waals surface area contributed by atoms with Crippen LogP contribution in [0.2, 0.25) is 0 Å². The van der Waals surface area contributed by atoms with Crippen molar-refractivity contribution in [1.29, 1.82) is 0 Å². The zero-order chi connectivity index (χ0) is 14.3. The summed E-state index contributed by atoms with van der Waals surface area (Å²) in [5.74, 6) is 0.264. The third kappa shape index (κ3) is 2.14. The molecule has 2 heterocycles. The van der Waals surface area contributed by atoms with E-state index in [-0.39, 0.29) is 5.69 Å². The average molecular weight is 339 g/mol. The second kappa shape index (κ2) is 4.82. The van der Waals surface area contributed by atoms with E-state index < -0.39 is 5.97 Å². The maximum absolute atomic E-state index is 11.0. The number of carboxylic acid groups (broad SMARTS) is 1. The molecule has 6 nitrogen and oxygen atoms in total. The first-order valence-corrected chi connectivity index (χ1v) is 6.72.